The maximum absolute atomic E-state index is 10.9. The molecule has 0 amide bonds. The molecule has 0 aliphatic carbocycles. The molecule has 0 aliphatic rings. The maximum atomic E-state index is 10.9. The summed E-state index contributed by atoms with van der Waals surface area (Å²) in [7, 11) is 0. The second-order valence-electron chi connectivity index (χ2n) is 4.48. The predicted molar refractivity (Wildman–Crippen MR) is 80.0 cm³/mol. The fraction of sp³-hybridized carbons (Fsp3) is 0.333. The van der Waals surface area contributed by atoms with E-state index in [9.17, 15) is 4.79 Å². The lowest BCUT2D eigenvalue weighted by atomic mass is 9.92. The summed E-state index contributed by atoms with van der Waals surface area (Å²) >= 11 is 2.23. The lowest BCUT2D eigenvalue weighted by molar-refractivity contribution is -0.138. The molecular formula is C12H14IN5O2. The van der Waals surface area contributed by atoms with Crippen molar-refractivity contribution in [3.63, 3.8) is 0 Å². The number of H-pyrrole nitrogens is 1. The molecule has 1 heterocycles. The second kappa shape index (κ2) is 6.75. The number of nitrogens with one attached hydrogen (secondary N) is 1. The Kier molecular flexibility index (Phi) is 5.01. The zero-order valence-corrected chi connectivity index (χ0v) is 12.7. The predicted octanol–water partition coefficient (Wildman–Crippen LogP) is 0.933. The van der Waals surface area contributed by atoms with Gasteiger partial charge in [-0.3, -0.25) is 4.79 Å². The molecule has 1 aromatic heterocycles. The van der Waals surface area contributed by atoms with Gasteiger partial charge in [0.05, 0.1) is 0 Å². The van der Waals surface area contributed by atoms with Crippen LogP contribution in [-0.4, -0.2) is 37.7 Å². The molecule has 2 atom stereocenters. The van der Waals surface area contributed by atoms with Crippen LogP contribution in [0.25, 0.3) is 0 Å². The third-order valence-corrected chi connectivity index (χ3v) is 3.70. The minimum absolute atomic E-state index is 0.181. The van der Waals surface area contributed by atoms with Crippen LogP contribution in [-0.2, 0) is 11.2 Å². The van der Waals surface area contributed by atoms with E-state index in [1.807, 2.05) is 24.3 Å². The van der Waals surface area contributed by atoms with Gasteiger partial charge in [0.15, 0.2) is 5.82 Å². The molecule has 8 heteroatoms. The summed E-state index contributed by atoms with van der Waals surface area (Å²) in [5.74, 6) is -0.721. The smallest absolute Gasteiger partial charge is 0.320 e. The molecular weight excluding hydrogens is 371 g/mol. The van der Waals surface area contributed by atoms with E-state index in [2.05, 4.69) is 43.2 Å². The largest absolute Gasteiger partial charge is 0.480 e. The van der Waals surface area contributed by atoms with Crippen molar-refractivity contribution in [1.82, 2.24) is 20.6 Å². The van der Waals surface area contributed by atoms with Crippen LogP contribution < -0.4 is 5.73 Å². The highest BCUT2D eigenvalue weighted by Gasteiger charge is 2.23. The minimum Gasteiger partial charge on any atom is -0.480 e. The molecule has 2 aromatic rings. The lowest BCUT2D eigenvalue weighted by Gasteiger charge is -2.15. The van der Waals surface area contributed by atoms with Crippen molar-refractivity contribution < 1.29 is 9.90 Å². The van der Waals surface area contributed by atoms with E-state index in [0.29, 0.717) is 12.2 Å². The van der Waals surface area contributed by atoms with Crippen molar-refractivity contribution >= 4 is 28.6 Å². The number of tetrazole rings is 1. The zero-order valence-electron chi connectivity index (χ0n) is 10.5. The number of carboxylic acid groups (broad SMARTS) is 1. The van der Waals surface area contributed by atoms with E-state index in [1.54, 1.807) is 0 Å². The van der Waals surface area contributed by atoms with Crippen molar-refractivity contribution in [2.24, 2.45) is 5.73 Å². The van der Waals surface area contributed by atoms with Gasteiger partial charge in [-0.05, 0) is 53.1 Å². The number of rotatable bonds is 6. The Labute approximate surface area is 129 Å². The average molecular weight is 385 g/mol. The van der Waals surface area contributed by atoms with Crippen molar-refractivity contribution in [3.05, 3.63) is 39.2 Å². The topological polar surface area (TPSA) is 118 Å². The molecule has 4 N–H and O–H groups in total. The normalized spacial score (nSPS) is 13.9. The number of aromatic amines is 1. The highest BCUT2D eigenvalue weighted by molar-refractivity contribution is 14.1. The summed E-state index contributed by atoms with van der Waals surface area (Å²) in [4.78, 5) is 10.9. The average Bonchev–Trinajstić information content (AvgIpc) is 2.94. The molecule has 7 nitrogen and oxygen atoms in total. The summed E-state index contributed by atoms with van der Waals surface area (Å²) < 4.78 is 1.14. The van der Waals surface area contributed by atoms with Gasteiger partial charge in [-0.2, -0.15) is 5.21 Å². The Hall–Kier alpha value is -1.55. The third-order valence-electron chi connectivity index (χ3n) is 2.98. The Morgan fingerprint density at radius 3 is 2.65 bits per heavy atom. The number of carbonyl (C=O) groups is 1. The van der Waals surface area contributed by atoms with Gasteiger partial charge in [0.2, 0.25) is 0 Å². The number of benzene rings is 1. The van der Waals surface area contributed by atoms with E-state index in [0.717, 1.165) is 9.13 Å². The first-order chi connectivity index (χ1) is 9.56. The summed E-state index contributed by atoms with van der Waals surface area (Å²) in [5.41, 5.74) is 6.70. The Bertz CT molecular complexity index is 558. The number of nitrogens with zero attached hydrogens (tertiary/aromatic N) is 3. The van der Waals surface area contributed by atoms with Gasteiger partial charge in [0.1, 0.15) is 6.04 Å². The number of carboxylic acids is 1. The number of hydrogen-bond donors (Lipinski definition) is 3. The summed E-state index contributed by atoms with van der Waals surface area (Å²) in [6.07, 6.45) is 0.887. The third kappa shape index (κ3) is 3.97. The van der Waals surface area contributed by atoms with E-state index < -0.39 is 12.0 Å². The molecule has 0 saturated carbocycles. The fourth-order valence-electron chi connectivity index (χ4n) is 1.93. The molecule has 0 saturated heterocycles. The first-order valence-electron chi connectivity index (χ1n) is 6.02. The van der Waals surface area contributed by atoms with Crippen molar-refractivity contribution in [2.75, 3.05) is 0 Å². The van der Waals surface area contributed by atoms with Crippen LogP contribution in [0.4, 0.5) is 0 Å². The summed E-state index contributed by atoms with van der Waals surface area (Å²) in [6, 6.07) is 7.06. The zero-order chi connectivity index (χ0) is 14.5. The number of aromatic nitrogens is 4. The van der Waals surface area contributed by atoms with Gasteiger partial charge in [-0.1, -0.05) is 17.3 Å². The van der Waals surface area contributed by atoms with Gasteiger partial charge >= 0.3 is 5.97 Å². The van der Waals surface area contributed by atoms with Crippen LogP contribution in [0.15, 0.2) is 24.3 Å². The molecule has 106 valence electrons. The molecule has 0 bridgehead atoms. The highest BCUT2D eigenvalue weighted by Crippen LogP contribution is 2.22. The SMILES string of the molecule is N[C@@H](CC(Cc1ccc([125I])cc1)c1nn[nH]n1)C(=O)O. The highest BCUT2D eigenvalue weighted by atomic mass is 125. The standard InChI is InChI=1S/C12H14IN5O2/c13-9-3-1-7(2-4-9)5-8(6-10(14)12(19)20)11-15-17-18-16-11/h1-4,8,10H,5-6,14H2,(H,19,20)(H,15,16,17,18)/t8?,10-/m0/s1/i13-2. The van der Waals surface area contributed by atoms with E-state index in [4.69, 9.17) is 10.8 Å². The molecule has 20 heavy (non-hydrogen) atoms. The molecule has 0 aliphatic heterocycles. The van der Waals surface area contributed by atoms with Crippen molar-refractivity contribution in [1.29, 1.82) is 0 Å². The van der Waals surface area contributed by atoms with Crippen LogP contribution in [0.2, 0.25) is 0 Å². The van der Waals surface area contributed by atoms with Crippen molar-refractivity contribution in [3.8, 4) is 0 Å². The Morgan fingerprint density at radius 2 is 2.10 bits per heavy atom. The maximum Gasteiger partial charge on any atom is 0.320 e. The van der Waals surface area contributed by atoms with Crippen LogP contribution in [0.5, 0.6) is 0 Å². The first kappa shape index (κ1) is 14.9. The number of aliphatic carboxylic acids is 1. The van der Waals surface area contributed by atoms with Gasteiger partial charge < -0.3 is 10.8 Å². The molecule has 0 radical (unpaired) electrons. The van der Waals surface area contributed by atoms with Gasteiger partial charge in [-0.15, -0.1) is 10.2 Å². The molecule has 1 aromatic carbocycles. The van der Waals surface area contributed by atoms with Crippen LogP contribution in [0.1, 0.15) is 23.7 Å². The van der Waals surface area contributed by atoms with Crippen molar-refractivity contribution in [2.45, 2.75) is 24.8 Å². The Balaban J connectivity index is 2.14. The van der Waals surface area contributed by atoms with Crippen LogP contribution in [0.3, 0.4) is 0 Å². The molecule has 0 fully saturated rings. The number of nitrogens with two attached hydrogens (primary N) is 1. The van der Waals surface area contributed by atoms with Gasteiger partial charge in [-0.25, -0.2) is 0 Å². The Morgan fingerprint density at radius 1 is 1.40 bits per heavy atom. The summed E-state index contributed by atoms with van der Waals surface area (Å²) in [6.45, 7) is 0. The quantitative estimate of drug-likeness (QED) is 0.637. The molecule has 2 rings (SSSR count). The number of halogens is 1. The van der Waals surface area contributed by atoms with Gasteiger partial charge in [0, 0.05) is 9.49 Å². The second-order valence-corrected chi connectivity index (χ2v) is 5.72. The van der Waals surface area contributed by atoms with E-state index in [1.165, 1.54) is 0 Å². The van der Waals surface area contributed by atoms with Crippen LogP contribution >= 0.6 is 22.6 Å². The molecule has 1 unspecified atom stereocenters. The lowest BCUT2D eigenvalue weighted by Crippen LogP contribution is -2.32. The monoisotopic (exact) mass is 385 g/mol. The summed E-state index contributed by atoms with van der Waals surface area (Å²) in [5, 5.41) is 22.7. The van der Waals surface area contributed by atoms with Gasteiger partial charge in [0.25, 0.3) is 0 Å². The van der Waals surface area contributed by atoms with E-state index >= 15 is 0 Å². The molecule has 0 spiro atoms. The minimum atomic E-state index is -1.03. The first-order valence-corrected chi connectivity index (χ1v) is 7.10. The number of hydrogen-bond acceptors (Lipinski definition) is 5. The van der Waals surface area contributed by atoms with E-state index in [-0.39, 0.29) is 12.3 Å². The van der Waals surface area contributed by atoms with Crippen LogP contribution in [0, 0.1) is 3.57 Å². The fourth-order valence-corrected chi connectivity index (χ4v) is 2.29.